The van der Waals surface area contributed by atoms with Crippen molar-refractivity contribution in [2.75, 3.05) is 24.7 Å². The smallest absolute Gasteiger partial charge is 0.257 e. The summed E-state index contributed by atoms with van der Waals surface area (Å²) in [4.78, 5) is 18.8. The fraction of sp³-hybridized carbons (Fsp3) is 0.625. The van der Waals surface area contributed by atoms with Crippen molar-refractivity contribution in [3.8, 4) is 0 Å². The molecule has 0 bridgehead atoms. The van der Waals surface area contributed by atoms with E-state index in [0.29, 0.717) is 25.6 Å². The molecule has 3 heterocycles. The first-order valence-corrected chi connectivity index (χ1v) is 7.81. The number of aromatic nitrogens is 1. The van der Waals surface area contributed by atoms with Crippen molar-refractivity contribution < 1.29 is 18.7 Å². The van der Waals surface area contributed by atoms with Crippen LogP contribution in [0, 0.1) is 11.7 Å². The van der Waals surface area contributed by atoms with Crippen LogP contribution in [-0.2, 0) is 14.3 Å². The highest BCUT2D eigenvalue weighted by Crippen LogP contribution is 2.28. The molecule has 2 fully saturated rings. The fourth-order valence-electron chi connectivity index (χ4n) is 3.08. The van der Waals surface area contributed by atoms with Crippen LogP contribution in [0.1, 0.15) is 26.2 Å². The van der Waals surface area contributed by atoms with E-state index in [0.717, 1.165) is 25.5 Å². The molecule has 6 heteroatoms. The highest BCUT2D eigenvalue weighted by molar-refractivity contribution is 5.96. The number of anilines is 1. The van der Waals surface area contributed by atoms with E-state index in [4.69, 9.17) is 9.47 Å². The van der Waals surface area contributed by atoms with Gasteiger partial charge in [-0.2, -0.15) is 0 Å². The molecule has 22 heavy (non-hydrogen) atoms. The van der Waals surface area contributed by atoms with Gasteiger partial charge in [0.2, 0.25) is 0 Å². The molecule has 2 unspecified atom stereocenters. The van der Waals surface area contributed by atoms with Crippen LogP contribution in [0.25, 0.3) is 0 Å². The molecule has 120 valence electrons. The summed E-state index contributed by atoms with van der Waals surface area (Å²) in [6.45, 7) is 3.87. The molecule has 0 aliphatic carbocycles. The number of halogens is 1. The molecular weight excluding hydrogens is 287 g/mol. The van der Waals surface area contributed by atoms with Gasteiger partial charge in [0.1, 0.15) is 17.7 Å². The summed E-state index contributed by atoms with van der Waals surface area (Å²) in [6, 6.07) is 2.92. The highest BCUT2D eigenvalue weighted by Gasteiger charge is 2.38. The Kier molecular flexibility index (Phi) is 4.69. The summed E-state index contributed by atoms with van der Waals surface area (Å²) in [5, 5.41) is 0. The van der Waals surface area contributed by atoms with Crippen molar-refractivity contribution in [3.05, 3.63) is 24.1 Å². The zero-order valence-electron chi connectivity index (χ0n) is 12.7. The minimum absolute atomic E-state index is 0.0237. The van der Waals surface area contributed by atoms with Gasteiger partial charge in [-0.05, 0) is 37.3 Å². The van der Waals surface area contributed by atoms with Gasteiger partial charge in [-0.3, -0.25) is 9.69 Å². The van der Waals surface area contributed by atoms with Crippen molar-refractivity contribution in [2.24, 2.45) is 5.92 Å². The minimum Gasteiger partial charge on any atom is -0.381 e. The summed E-state index contributed by atoms with van der Waals surface area (Å²) in [5.41, 5.74) is 0. The monoisotopic (exact) mass is 308 g/mol. The van der Waals surface area contributed by atoms with Crippen molar-refractivity contribution in [1.29, 1.82) is 0 Å². The normalized spacial score (nSPS) is 26.1. The largest absolute Gasteiger partial charge is 0.381 e. The molecule has 3 rings (SSSR count). The summed E-state index contributed by atoms with van der Waals surface area (Å²) in [6.07, 6.45) is 3.11. The van der Waals surface area contributed by atoms with Crippen molar-refractivity contribution in [1.82, 2.24) is 4.98 Å². The van der Waals surface area contributed by atoms with E-state index < -0.39 is 11.9 Å². The number of carbonyl (C=O) groups is 1. The van der Waals surface area contributed by atoms with Crippen LogP contribution in [0.5, 0.6) is 0 Å². The molecular formula is C16H21FN2O3. The molecule has 1 aromatic heterocycles. The van der Waals surface area contributed by atoms with Gasteiger partial charge in [0.15, 0.2) is 0 Å². The lowest BCUT2D eigenvalue weighted by atomic mass is 10.0. The van der Waals surface area contributed by atoms with E-state index in [1.165, 1.54) is 6.07 Å². The van der Waals surface area contributed by atoms with E-state index in [-0.39, 0.29) is 17.9 Å². The number of hydrogen-bond donors (Lipinski definition) is 0. The number of nitrogens with zero attached hydrogens (tertiary/aromatic N) is 2. The average molecular weight is 308 g/mol. The summed E-state index contributed by atoms with van der Waals surface area (Å²) in [5.74, 6) is 0.195. The molecule has 2 aliphatic rings. The predicted octanol–water partition coefficient (Wildman–Crippen LogP) is 2.16. The van der Waals surface area contributed by atoms with Crippen LogP contribution in [0.15, 0.2) is 18.3 Å². The number of carbonyl (C=O) groups excluding carboxylic acids is 1. The third-order valence-electron chi connectivity index (χ3n) is 4.38. The topological polar surface area (TPSA) is 51.7 Å². The van der Waals surface area contributed by atoms with E-state index in [2.05, 4.69) is 4.98 Å². The van der Waals surface area contributed by atoms with Gasteiger partial charge in [0.25, 0.3) is 5.91 Å². The first kappa shape index (κ1) is 15.4. The van der Waals surface area contributed by atoms with Gasteiger partial charge in [0.05, 0.1) is 6.20 Å². The molecule has 0 radical (unpaired) electrons. The highest BCUT2D eigenvalue weighted by atomic mass is 19.1. The molecule has 5 nitrogen and oxygen atoms in total. The zero-order valence-corrected chi connectivity index (χ0v) is 12.7. The van der Waals surface area contributed by atoms with Gasteiger partial charge >= 0.3 is 0 Å². The van der Waals surface area contributed by atoms with Gasteiger partial charge < -0.3 is 9.47 Å². The second-order valence-corrected chi connectivity index (χ2v) is 5.94. The maximum absolute atomic E-state index is 13.1. The van der Waals surface area contributed by atoms with Crippen LogP contribution in [-0.4, -0.2) is 42.9 Å². The molecule has 1 aromatic rings. The Hall–Kier alpha value is -1.53. The number of hydrogen-bond acceptors (Lipinski definition) is 4. The number of ether oxygens (including phenoxy) is 2. The molecule has 0 aromatic carbocycles. The molecule has 0 saturated carbocycles. The van der Waals surface area contributed by atoms with Crippen molar-refractivity contribution in [2.45, 2.75) is 38.3 Å². The first-order valence-electron chi connectivity index (χ1n) is 7.81. The summed E-state index contributed by atoms with van der Waals surface area (Å²) >= 11 is 0. The fourth-order valence-corrected chi connectivity index (χ4v) is 3.08. The SMILES string of the molecule is CC1CCOC1C(=O)N(c1ccc(F)cn1)C1CCOCC1. The van der Waals surface area contributed by atoms with Gasteiger partial charge in [-0.15, -0.1) is 0 Å². The lowest BCUT2D eigenvalue weighted by Crippen LogP contribution is -2.49. The predicted molar refractivity (Wildman–Crippen MR) is 79.0 cm³/mol. The van der Waals surface area contributed by atoms with Gasteiger partial charge in [0, 0.05) is 25.9 Å². The maximum Gasteiger partial charge on any atom is 0.257 e. The molecule has 2 saturated heterocycles. The first-order chi connectivity index (χ1) is 10.7. The molecule has 0 spiro atoms. The van der Waals surface area contributed by atoms with Crippen LogP contribution in [0.3, 0.4) is 0 Å². The second-order valence-electron chi connectivity index (χ2n) is 5.94. The number of amides is 1. The van der Waals surface area contributed by atoms with Crippen LogP contribution in [0.2, 0.25) is 0 Å². The third-order valence-corrected chi connectivity index (χ3v) is 4.38. The Morgan fingerprint density at radius 1 is 1.27 bits per heavy atom. The molecule has 1 amide bonds. The van der Waals surface area contributed by atoms with Crippen molar-refractivity contribution >= 4 is 11.7 Å². The van der Waals surface area contributed by atoms with E-state index >= 15 is 0 Å². The summed E-state index contributed by atoms with van der Waals surface area (Å²) < 4.78 is 24.1. The van der Waals surface area contributed by atoms with Gasteiger partial charge in [-0.25, -0.2) is 9.37 Å². The Balaban J connectivity index is 1.87. The van der Waals surface area contributed by atoms with Crippen molar-refractivity contribution in [3.63, 3.8) is 0 Å². The standard InChI is InChI=1S/C16H21FN2O3/c1-11-4-9-22-15(11)16(20)19(13-5-7-21-8-6-13)14-3-2-12(17)10-18-14/h2-3,10-11,13,15H,4-9H2,1H3. The Bertz CT molecular complexity index is 517. The van der Waals surface area contributed by atoms with E-state index in [1.54, 1.807) is 11.0 Å². The maximum atomic E-state index is 13.1. The number of rotatable bonds is 3. The van der Waals surface area contributed by atoms with Crippen LogP contribution >= 0.6 is 0 Å². The lowest BCUT2D eigenvalue weighted by molar-refractivity contribution is -0.129. The van der Waals surface area contributed by atoms with E-state index in [1.807, 2.05) is 6.92 Å². The van der Waals surface area contributed by atoms with Gasteiger partial charge in [-0.1, -0.05) is 6.92 Å². The van der Waals surface area contributed by atoms with E-state index in [9.17, 15) is 9.18 Å². The molecule has 2 atom stereocenters. The zero-order chi connectivity index (χ0) is 15.5. The second kappa shape index (κ2) is 6.71. The average Bonchev–Trinajstić information content (AvgIpc) is 2.96. The Morgan fingerprint density at radius 3 is 2.64 bits per heavy atom. The van der Waals surface area contributed by atoms with Crippen LogP contribution < -0.4 is 4.90 Å². The number of pyridine rings is 1. The Morgan fingerprint density at radius 2 is 2.05 bits per heavy atom. The molecule has 2 aliphatic heterocycles. The summed E-state index contributed by atoms with van der Waals surface area (Å²) in [7, 11) is 0. The Labute approximate surface area is 129 Å². The quantitative estimate of drug-likeness (QED) is 0.858. The third kappa shape index (κ3) is 3.13. The molecule has 0 N–H and O–H groups in total. The lowest BCUT2D eigenvalue weighted by Gasteiger charge is -2.35. The minimum atomic E-state index is -0.435. The van der Waals surface area contributed by atoms with Crippen LogP contribution in [0.4, 0.5) is 10.2 Å².